The number of rotatable bonds is 4. The van der Waals surface area contributed by atoms with Crippen molar-refractivity contribution >= 4 is 26.7 Å². The molecule has 0 saturated carbocycles. The monoisotopic (exact) mass is 322 g/mol. The molecule has 1 aliphatic heterocycles. The summed E-state index contributed by atoms with van der Waals surface area (Å²) in [6, 6.07) is 6.13. The SMILES string of the molecule is CCC1=C(c2ccc(C)cc2)S(=O)(=O)NC1=NC(C)C(=O)O. The van der Waals surface area contributed by atoms with Gasteiger partial charge < -0.3 is 5.11 Å². The van der Waals surface area contributed by atoms with Gasteiger partial charge in [-0.3, -0.25) is 9.71 Å². The number of nitrogens with zero attached hydrogens (tertiary/aromatic N) is 1. The van der Waals surface area contributed by atoms with Gasteiger partial charge in [-0.05, 0) is 25.8 Å². The summed E-state index contributed by atoms with van der Waals surface area (Å²) in [6.45, 7) is 5.13. The Morgan fingerprint density at radius 3 is 2.41 bits per heavy atom. The van der Waals surface area contributed by atoms with Gasteiger partial charge in [0.1, 0.15) is 16.8 Å². The fourth-order valence-electron chi connectivity index (χ4n) is 2.23. The molecule has 1 atom stereocenters. The zero-order valence-corrected chi connectivity index (χ0v) is 13.4. The quantitative estimate of drug-likeness (QED) is 0.885. The molecule has 7 heteroatoms. The third-order valence-electron chi connectivity index (χ3n) is 3.41. The van der Waals surface area contributed by atoms with Crippen LogP contribution < -0.4 is 4.72 Å². The number of aliphatic carboxylic acids is 1. The number of hydrogen-bond acceptors (Lipinski definition) is 4. The van der Waals surface area contributed by atoms with Crippen LogP contribution in [0.5, 0.6) is 0 Å². The van der Waals surface area contributed by atoms with Crippen LogP contribution in [-0.4, -0.2) is 31.4 Å². The summed E-state index contributed by atoms with van der Waals surface area (Å²) in [5, 5.41) is 8.94. The van der Waals surface area contributed by atoms with Crippen molar-refractivity contribution in [2.75, 3.05) is 0 Å². The number of aryl methyl sites for hydroxylation is 1. The standard InChI is InChI=1S/C15H18N2O4S/c1-4-12-13(11-7-5-9(2)6-8-11)22(20,21)17-14(12)16-10(3)15(18)19/h5-8,10H,4H2,1-3H3,(H,16,17)(H,18,19). The van der Waals surface area contributed by atoms with E-state index in [1.807, 2.05) is 26.0 Å². The largest absolute Gasteiger partial charge is 0.480 e. The Hall–Kier alpha value is -2.15. The molecule has 22 heavy (non-hydrogen) atoms. The number of benzene rings is 1. The summed E-state index contributed by atoms with van der Waals surface area (Å²) in [4.78, 5) is 15.1. The van der Waals surface area contributed by atoms with Crippen molar-refractivity contribution in [2.24, 2.45) is 4.99 Å². The molecule has 1 aromatic carbocycles. The second-order valence-electron chi connectivity index (χ2n) is 5.12. The van der Waals surface area contributed by atoms with E-state index in [4.69, 9.17) is 5.11 Å². The molecule has 1 aromatic rings. The van der Waals surface area contributed by atoms with Gasteiger partial charge in [-0.1, -0.05) is 36.8 Å². The van der Waals surface area contributed by atoms with Gasteiger partial charge in [0.25, 0.3) is 10.0 Å². The number of hydrogen-bond donors (Lipinski definition) is 2. The molecule has 0 radical (unpaired) electrons. The molecule has 6 nitrogen and oxygen atoms in total. The first-order chi connectivity index (χ1) is 10.3. The Labute approximate surface area is 129 Å². The normalized spacial score (nSPS) is 20.0. The number of carboxylic acids is 1. The number of sulfonamides is 1. The molecule has 1 unspecified atom stereocenters. The highest BCUT2D eigenvalue weighted by Gasteiger charge is 2.34. The molecule has 1 aliphatic rings. The van der Waals surface area contributed by atoms with Crippen LogP contribution >= 0.6 is 0 Å². The molecule has 2 N–H and O–H groups in total. The minimum absolute atomic E-state index is 0.118. The maximum atomic E-state index is 12.4. The molecule has 0 aliphatic carbocycles. The van der Waals surface area contributed by atoms with Gasteiger partial charge in [-0.2, -0.15) is 0 Å². The predicted molar refractivity (Wildman–Crippen MR) is 85.0 cm³/mol. The van der Waals surface area contributed by atoms with E-state index < -0.39 is 22.0 Å². The van der Waals surface area contributed by atoms with E-state index in [1.54, 1.807) is 12.1 Å². The van der Waals surface area contributed by atoms with Crippen LogP contribution in [0.2, 0.25) is 0 Å². The Balaban J connectivity index is 2.60. The van der Waals surface area contributed by atoms with E-state index in [9.17, 15) is 13.2 Å². The highest BCUT2D eigenvalue weighted by atomic mass is 32.2. The van der Waals surface area contributed by atoms with Gasteiger partial charge in [0.15, 0.2) is 0 Å². The molecular weight excluding hydrogens is 304 g/mol. The second-order valence-corrected chi connectivity index (χ2v) is 6.74. The number of carboxylic acid groups (broad SMARTS) is 1. The van der Waals surface area contributed by atoms with Gasteiger partial charge in [-0.15, -0.1) is 0 Å². The zero-order valence-electron chi connectivity index (χ0n) is 12.6. The van der Waals surface area contributed by atoms with Crippen LogP contribution in [0.1, 0.15) is 31.4 Å². The topological polar surface area (TPSA) is 95.8 Å². The minimum atomic E-state index is -3.73. The average molecular weight is 322 g/mol. The number of aliphatic imine (C=N–C) groups is 1. The molecule has 0 fully saturated rings. The second kappa shape index (κ2) is 5.92. The van der Waals surface area contributed by atoms with E-state index >= 15 is 0 Å². The van der Waals surface area contributed by atoms with E-state index in [0.29, 0.717) is 17.6 Å². The third-order valence-corrected chi connectivity index (χ3v) is 4.89. The maximum Gasteiger partial charge on any atom is 0.328 e. The van der Waals surface area contributed by atoms with Crippen LogP contribution in [0.3, 0.4) is 0 Å². The summed E-state index contributed by atoms with van der Waals surface area (Å²) < 4.78 is 27.1. The molecule has 2 rings (SSSR count). The Morgan fingerprint density at radius 2 is 1.91 bits per heavy atom. The van der Waals surface area contributed by atoms with Crippen molar-refractivity contribution in [3.05, 3.63) is 41.0 Å². The lowest BCUT2D eigenvalue weighted by molar-refractivity contribution is -0.137. The number of nitrogens with one attached hydrogen (secondary N) is 1. The van der Waals surface area contributed by atoms with Crippen LogP contribution in [0, 0.1) is 6.92 Å². The van der Waals surface area contributed by atoms with Crippen molar-refractivity contribution in [2.45, 2.75) is 33.2 Å². The van der Waals surface area contributed by atoms with Crippen molar-refractivity contribution in [3.8, 4) is 0 Å². The molecular formula is C15H18N2O4S. The summed E-state index contributed by atoms with van der Waals surface area (Å²) in [6.07, 6.45) is 0.431. The third kappa shape index (κ3) is 3.04. The highest BCUT2D eigenvalue weighted by molar-refractivity contribution is 8.00. The average Bonchev–Trinajstić information content (AvgIpc) is 2.69. The first-order valence-electron chi connectivity index (χ1n) is 6.90. The highest BCUT2D eigenvalue weighted by Crippen LogP contribution is 2.32. The maximum absolute atomic E-state index is 12.4. The molecule has 0 spiro atoms. The van der Waals surface area contributed by atoms with E-state index in [2.05, 4.69) is 9.71 Å². The first kappa shape index (κ1) is 16.2. The summed E-state index contributed by atoms with van der Waals surface area (Å²) in [5.74, 6) is -0.987. The molecule has 0 bridgehead atoms. The van der Waals surface area contributed by atoms with Gasteiger partial charge >= 0.3 is 5.97 Å². The van der Waals surface area contributed by atoms with Crippen LogP contribution in [0.15, 0.2) is 34.8 Å². The van der Waals surface area contributed by atoms with Crippen LogP contribution in [0.4, 0.5) is 0 Å². The Bertz CT molecular complexity index is 761. The summed E-state index contributed by atoms with van der Waals surface area (Å²) in [5.41, 5.74) is 2.11. The molecule has 1 heterocycles. The summed E-state index contributed by atoms with van der Waals surface area (Å²) in [7, 11) is -3.73. The summed E-state index contributed by atoms with van der Waals surface area (Å²) >= 11 is 0. The van der Waals surface area contributed by atoms with E-state index in [0.717, 1.165) is 5.56 Å². The predicted octanol–water partition coefficient (Wildman–Crippen LogP) is 1.92. The van der Waals surface area contributed by atoms with Crippen molar-refractivity contribution < 1.29 is 18.3 Å². The Kier molecular flexibility index (Phi) is 4.37. The molecule has 0 saturated heterocycles. The lowest BCUT2D eigenvalue weighted by atomic mass is 10.1. The number of amidine groups is 1. The minimum Gasteiger partial charge on any atom is -0.480 e. The van der Waals surface area contributed by atoms with Crippen molar-refractivity contribution in [1.29, 1.82) is 0 Å². The molecule has 0 amide bonds. The fraction of sp³-hybridized carbons (Fsp3) is 0.333. The lowest BCUT2D eigenvalue weighted by Gasteiger charge is -2.05. The van der Waals surface area contributed by atoms with Gasteiger partial charge in [-0.25, -0.2) is 13.2 Å². The smallest absolute Gasteiger partial charge is 0.328 e. The van der Waals surface area contributed by atoms with Gasteiger partial charge in [0.05, 0.1) is 0 Å². The van der Waals surface area contributed by atoms with E-state index in [1.165, 1.54) is 6.92 Å². The molecule has 0 aromatic heterocycles. The molecule has 118 valence electrons. The van der Waals surface area contributed by atoms with Crippen molar-refractivity contribution in [3.63, 3.8) is 0 Å². The van der Waals surface area contributed by atoms with Crippen LogP contribution in [0.25, 0.3) is 4.91 Å². The first-order valence-corrected chi connectivity index (χ1v) is 8.38. The van der Waals surface area contributed by atoms with Gasteiger partial charge in [0.2, 0.25) is 0 Å². The lowest BCUT2D eigenvalue weighted by Crippen LogP contribution is -2.27. The van der Waals surface area contributed by atoms with Gasteiger partial charge in [0, 0.05) is 5.57 Å². The fourth-order valence-corrected chi connectivity index (χ4v) is 3.77. The Morgan fingerprint density at radius 1 is 1.32 bits per heavy atom. The van der Waals surface area contributed by atoms with Crippen molar-refractivity contribution in [1.82, 2.24) is 4.72 Å². The van der Waals surface area contributed by atoms with E-state index in [-0.39, 0.29) is 10.7 Å². The van der Waals surface area contributed by atoms with Crippen LogP contribution in [-0.2, 0) is 14.8 Å². The zero-order chi connectivity index (χ0) is 16.5. The number of carbonyl (C=O) groups is 1.